The highest BCUT2D eigenvalue weighted by Crippen LogP contribution is 2.39. The van der Waals surface area contributed by atoms with Crippen LogP contribution in [0.5, 0.6) is 0 Å². The van der Waals surface area contributed by atoms with Crippen LogP contribution in [0.1, 0.15) is 37.7 Å². The maximum absolute atomic E-state index is 12.8. The molecule has 1 saturated carbocycles. The van der Waals surface area contributed by atoms with Crippen molar-refractivity contribution in [1.82, 2.24) is 14.9 Å². The van der Waals surface area contributed by atoms with Gasteiger partial charge < -0.3 is 15.5 Å². The van der Waals surface area contributed by atoms with E-state index in [4.69, 9.17) is 0 Å². The molecule has 2 saturated heterocycles. The number of aliphatic carboxylic acids is 2. The van der Waals surface area contributed by atoms with Gasteiger partial charge >= 0.3 is 11.9 Å². The molecule has 0 aromatic heterocycles. The van der Waals surface area contributed by atoms with Crippen molar-refractivity contribution >= 4 is 46.8 Å². The smallest absolute Gasteiger partial charge is 0.320 e. The minimum atomic E-state index is -3.73. The van der Waals surface area contributed by atoms with Crippen LogP contribution < -0.4 is 10.0 Å². The van der Waals surface area contributed by atoms with Gasteiger partial charge in [-0.1, -0.05) is 17.7 Å². The van der Waals surface area contributed by atoms with Crippen molar-refractivity contribution in [1.29, 1.82) is 0 Å². The fourth-order valence-electron chi connectivity index (χ4n) is 5.80. The number of hydrogen-bond donors (Lipinski definition) is 4. The summed E-state index contributed by atoms with van der Waals surface area (Å²) < 4.78 is 28.3. The number of carboxylic acids is 2. The molecule has 2 heterocycles. The van der Waals surface area contributed by atoms with Gasteiger partial charge in [0.05, 0.1) is 4.90 Å². The number of benzene rings is 1. The lowest BCUT2D eigenvalue weighted by molar-refractivity contribution is -0.143. The molecule has 1 aromatic carbocycles. The zero-order valence-corrected chi connectivity index (χ0v) is 22.1. The molecule has 0 unspecified atom stereocenters. The Balaban J connectivity index is 0.00000216. The van der Waals surface area contributed by atoms with E-state index in [0.29, 0.717) is 31.3 Å². The van der Waals surface area contributed by atoms with Crippen molar-refractivity contribution in [3.8, 4) is 0 Å². The van der Waals surface area contributed by atoms with Gasteiger partial charge in [0.15, 0.2) is 0 Å². The highest BCUT2D eigenvalue weighted by molar-refractivity contribution is 7.89. The Morgan fingerprint density at radius 1 is 1.03 bits per heavy atom. The first kappa shape index (κ1) is 29.8. The highest BCUT2D eigenvalue weighted by Gasteiger charge is 2.42. The maximum atomic E-state index is 12.8. The summed E-state index contributed by atoms with van der Waals surface area (Å²) in [6.45, 7) is 3.55. The average Bonchev–Trinajstić information content (AvgIpc) is 3.15. The standard InChI is InChI=1S/C23H33N3O6S.2ClH/c1-14-2-6-19(7-3-14)33(31,32)25-18-10-21(23(29)30)26(13-18)12-15-4-5-16-11-24-20(22(27)28)9-17(16)8-15;;/h2-3,6-7,15-18,20-21,24-25H,4-5,8-13H2,1H3,(H,27,28)(H,29,30);2*1H/t15-,16-,17+,18-,20-,21-;;/m0../s1. The lowest BCUT2D eigenvalue weighted by atomic mass is 9.69. The van der Waals surface area contributed by atoms with Crippen molar-refractivity contribution in [2.24, 2.45) is 17.8 Å². The average molecular weight is 553 g/mol. The molecule has 35 heavy (non-hydrogen) atoms. The zero-order chi connectivity index (χ0) is 23.8. The molecular weight excluding hydrogens is 517 g/mol. The van der Waals surface area contributed by atoms with Gasteiger partial charge in [0.25, 0.3) is 0 Å². The van der Waals surface area contributed by atoms with E-state index in [-0.39, 0.29) is 42.0 Å². The molecule has 4 N–H and O–H groups in total. The van der Waals surface area contributed by atoms with E-state index in [1.807, 2.05) is 11.8 Å². The monoisotopic (exact) mass is 551 g/mol. The third-order valence-corrected chi connectivity index (χ3v) is 9.08. The van der Waals surface area contributed by atoms with Gasteiger partial charge in [-0.2, -0.15) is 0 Å². The molecule has 1 aliphatic carbocycles. The number of aryl methyl sites for hydroxylation is 1. The second-order valence-electron chi connectivity index (χ2n) is 9.91. The molecule has 1 aromatic rings. The van der Waals surface area contributed by atoms with Gasteiger partial charge in [-0.3, -0.25) is 14.5 Å². The number of rotatable bonds is 7. The van der Waals surface area contributed by atoms with Crippen molar-refractivity contribution in [2.45, 2.75) is 62.0 Å². The van der Waals surface area contributed by atoms with Crippen molar-refractivity contribution < 1.29 is 28.2 Å². The van der Waals surface area contributed by atoms with E-state index in [0.717, 1.165) is 31.4 Å². The normalized spacial score (nSPS) is 31.0. The van der Waals surface area contributed by atoms with E-state index in [9.17, 15) is 28.2 Å². The van der Waals surface area contributed by atoms with Gasteiger partial charge in [0.1, 0.15) is 12.1 Å². The predicted octanol–water partition coefficient (Wildman–Crippen LogP) is 2.12. The summed E-state index contributed by atoms with van der Waals surface area (Å²) in [5.74, 6) is -0.668. The Hall–Kier alpha value is -1.43. The summed E-state index contributed by atoms with van der Waals surface area (Å²) >= 11 is 0. The minimum Gasteiger partial charge on any atom is -0.480 e. The van der Waals surface area contributed by atoms with Gasteiger partial charge in [-0.05, 0) is 75.5 Å². The predicted molar refractivity (Wildman–Crippen MR) is 136 cm³/mol. The number of hydrogen-bond acceptors (Lipinski definition) is 6. The second-order valence-corrected chi connectivity index (χ2v) is 11.6. The molecule has 0 radical (unpaired) electrons. The van der Waals surface area contributed by atoms with Gasteiger partial charge in [-0.15, -0.1) is 24.8 Å². The molecule has 3 fully saturated rings. The Morgan fingerprint density at radius 3 is 2.34 bits per heavy atom. The number of likely N-dealkylation sites (tertiary alicyclic amines) is 1. The highest BCUT2D eigenvalue weighted by atomic mass is 35.5. The Morgan fingerprint density at radius 2 is 1.71 bits per heavy atom. The summed E-state index contributed by atoms with van der Waals surface area (Å²) in [6, 6.07) is 4.88. The van der Waals surface area contributed by atoms with Crippen LogP contribution in [-0.2, 0) is 19.6 Å². The van der Waals surface area contributed by atoms with E-state index >= 15 is 0 Å². The maximum Gasteiger partial charge on any atom is 0.320 e. The van der Waals surface area contributed by atoms with Crippen molar-refractivity contribution in [3.05, 3.63) is 29.8 Å². The Bertz CT molecular complexity index is 993. The molecule has 2 aliphatic heterocycles. The number of sulfonamides is 1. The third-order valence-electron chi connectivity index (χ3n) is 7.55. The zero-order valence-electron chi connectivity index (χ0n) is 19.6. The first-order valence-electron chi connectivity index (χ1n) is 11.6. The molecule has 0 bridgehead atoms. The molecule has 12 heteroatoms. The van der Waals surface area contributed by atoms with Crippen LogP contribution in [-0.4, -0.2) is 73.2 Å². The van der Waals surface area contributed by atoms with Gasteiger partial charge in [0.2, 0.25) is 10.0 Å². The van der Waals surface area contributed by atoms with Gasteiger partial charge in [-0.25, -0.2) is 13.1 Å². The van der Waals surface area contributed by atoms with Crippen LogP contribution in [0.3, 0.4) is 0 Å². The molecular formula is C23H35Cl2N3O6S. The lowest BCUT2D eigenvalue weighted by Gasteiger charge is -2.42. The number of halogens is 2. The van der Waals surface area contributed by atoms with E-state index < -0.39 is 40.1 Å². The molecule has 3 aliphatic rings. The van der Waals surface area contributed by atoms with Crippen molar-refractivity contribution in [2.75, 3.05) is 19.6 Å². The fourth-order valence-corrected chi connectivity index (χ4v) is 7.04. The largest absolute Gasteiger partial charge is 0.480 e. The Kier molecular flexibility index (Phi) is 10.4. The third kappa shape index (κ3) is 7.08. The van der Waals surface area contributed by atoms with E-state index in [1.54, 1.807) is 24.3 Å². The number of carboxylic acid groups (broad SMARTS) is 2. The molecule has 4 rings (SSSR count). The Labute approximate surface area is 218 Å². The summed E-state index contributed by atoms with van der Waals surface area (Å²) in [7, 11) is -3.73. The first-order valence-corrected chi connectivity index (χ1v) is 13.1. The number of fused-ring (bicyclic) bond motifs is 1. The number of nitrogens with zero attached hydrogens (tertiary/aromatic N) is 1. The van der Waals surface area contributed by atoms with Crippen LogP contribution in [0.15, 0.2) is 29.2 Å². The molecule has 0 amide bonds. The van der Waals surface area contributed by atoms with E-state index in [2.05, 4.69) is 10.0 Å². The molecule has 0 spiro atoms. The van der Waals surface area contributed by atoms with Crippen LogP contribution in [0, 0.1) is 24.7 Å². The molecule has 6 atom stereocenters. The van der Waals surface area contributed by atoms with Crippen LogP contribution in [0.2, 0.25) is 0 Å². The lowest BCUT2D eigenvalue weighted by Crippen LogP contribution is -2.50. The summed E-state index contributed by atoms with van der Waals surface area (Å²) in [6.07, 6.45) is 3.70. The SMILES string of the molecule is Cc1ccc(S(=O)(=O)N[C@H]2C[C@@H](C(=O)O)N(C[C@H]3CC[C@H]4CN[C@H](C(=O)O)C[C@H]4C3)C2)cc1.Cl.Cl. The van der Waals surface area contributed by atoms with Crippen LogP contribution in [0.4, 0.5) is 0 Å². The quantitative estimate of drug-likeness (QED) is 0.404. The summed E-state index contributed by atoms with van der Waals surface area (Å²) in [5.41, 5.74) is 0.963. The van der Waals surface area contributed by atoms with Crippen molar-refractivity contribution in [3.63, 3.8) is 0 Å². The van der Waals surface area contributed by atoms with Gasteiger partial charge in [0, 0.05) is 19.1 Å². The fraction of sp³-hybridized carbons (Fsp3) is 0.652. The topological polar surface area (TPSA) is 136 Å². The van der Waals surface area contributed by atoms with Crippen LogP contribution in [0.25, 0.3) is 0 Å². The number of nitrogens with one attached hydrogen (secondary N) is 2. The molecule has 9 nitrogen and oxygen atoms in total. The summed E-state index contributed by atoms with van der Waals surface area (Å²) in [5, 5.41) is 22.2. The number of carbonyl (C=O) groups is 2. The van der Waals surface area contributed by atoms with Crippen LogP contribution >= 0.6 is 24.8 Å². The number of piperidine rings is 1. The van der Waals surface area contributed by atoms with E-state index in [1.165, 1.54) is 0 Å². The minimum absolute atomic E-state index is 0. The molecule has 198 valence electrons. The second kappa shape index (κ2) is 12.2. The summed E-state index contributed by atoms with van der Waals surface area (Å²) in [4.78, 5) is 25.4. The first-order chi connectivity index (χ1) is 15.6.